The number of alkyl halides is 1. The maximum absolute atomic E-state index is 15.5. The van der Waals surface area contributed by atoms with E-state index in [9.17, 15) is 14.7 Å². The van der Waals surface area contributed by atoms with E-state index in [2.05, 4.69) is 6.92 Å². The van der Waals surface area contributed by atoms with Gasteiger partial charge in [0.05, 0.1) is 29.4 Å². The second kappa shape index (κ2) is 11.5. The Morgan fingerprint density at radius 1 is 1.12 bits per heavy atom. The van der Waals surface area contributed by atoms with Crippen LogP contribution < -0.4 is 5.73 Å². The Kier molecular flexibility index (Phi) is 9.23. The van der Waals surface area contributed by atoms with Crippen LogP contribution in [0.15, 0.2) is 18.2 Å². The van der Waals surface area contributed by atoms with E-state index >= 15 is 4.39 Å². The van der Waals surface area contributed by atoms with Crippen molar-refractivity contribution in [3.63, 3.8) is 0 Å². The lowest BCUT2D eigenvalue weighted by molar-refractivity contribution is -0.159. The van der Waals surface area contributed by atoms with Crippen LogP contribution in [-0.2, 0) is 25.7 Å². The summed E-state index contributed by atoms with van der Waals surface area (Å²) >= 11 is 11.9. The number of fused-ring (bicyclic) bond motifs is 1. The molecular weight excluding hydrogens is 484 g/mol. The highest BCUT2D eigenvalue weighted by molar-refractivity contribution is 6.42. The molecule has 6 nitrogen and oxygen atoms in total. The van der Waals surface area contributed by atoms with Gasteiger partial charge in [-0.25, -0.2) is 9.18 Å². The Morgan fingerprint density at radius 2 is 1.76 bits per heavy atom. The Balaban J connectivity index is 1.48. The summed E-state index contributed by atoms with van der Waals surface area (Å²) in [5.74, 6) is -4.42. The van der Waals surface area contributed by atoms with Crippen LogP contribution in [0.3, 0.4) is 0 Å². The van der Waals surface area contributed by atoms with E-state index in [4.69, 9.17) is 38.4 Å². The van der Waals surface area contributed by atoms with E-state index in [1.54, 1.807) is 18.2 Å². The largest absolute Gasteiger partial charge is 0.480 e. The van der Waals surface area contributed by atoms with Crippen molar-refractivity contribution in [1.82, 2.24) is 0 Å². The number of hydrogen-bond donors (Lipinski definition) is 2. The first kappa shape index (κ1) is 27.2. The normalized spacial score (nSPS) is 29.6. The Labute approximate surface area is 210 Å². The molecule has 0 radical (unpaired) electrons. The summed E-state index contributed by atoms with van der Waals surface area (Å²) in [6, 6.07) is 4.92. The third kappa shape index (κ3) is 5.53. The maximum Gasteiger partial charge on any atom is 0.344 e. The summed E-state index contributed by atoms with van der Waals surface area (Å²) < 4.78 is 26.5. The summed E-state index contributed by atoms with van der Waals surface area (Å²) in [6.07, 6.45) is 7.74. The minimum absolute atomic E-state index is 0.0259. The number of unbranched alkanes of at least 4 members (excludes halogenated alkanes) is 7. The number of esters is 1. The number of carbonyl (C=O) groups excluding carboxylic acids is 1. The van der Waals surface area contributed by atoms with Crippen LogP contribution >= 0.6 is 23.2 Å². The number of carboxylic acid groups (broad SMARTS) is 1. The lowest BCUT2D eigenvalue weighted by Crippen LogP contribution is -2.60. The van der Waals surface area contributed by atoms with Gasteiger partial charge in [0.1, 0.15) is 5.54 Å². The molecule has 2 fully saturated rings. The number of carboxylic acids is 1. The first-order valence-electron chi connectivity index (χ1n) is 12.1. The molecule has 2 aliphatic carbocycles. The number of rotatable bonds is 14. The second-order valence-electron chi connectivity index (χ2n) is 9.48. The molecule has 0 spiro atoms. The summed E-state index contributed by atoms with van der Waals surface area (Å²) in [4.78, 5) is 24.6. The predicted octanol–water partition coefficient (Wildman–Crippen LogP) is 5.70. The van der Waals surface area contributed by atoms with Gasteiger partial charge in [0.2, 0.25) is 5.67 Å². The molecule has 2 saturated carbocycles. The number of halogens is 3. The van der Waals surface area contributed by atoms with Crippen molar-refractivity contribution in [2.24, 2.45) is 17.6 Å². The molecule has 1 aromatic rings. The monoisotopic (exact) mass is 517 g/mol. The fraction of sp³-hybridized carbons (Fsp3) is 0.680. The van der Waals surface area contributed by atoms with Crippen LogP contribution in [0.4, 0.5) is 4.39 Å². The summed E-state index contributed by atoms with van der Waals surface area (Å²) in [5, 5.41) is 10.6. The molecular formula is C25H34Cl2FNO5. The molecule has 0 saturated heterocycles. The highest BCUT2D eigenvalue weighted by Crippen LogP contribution is 2.67. The number of nitrogens with two attached hydrogens (primary N) is 1. The van der Waals surface area contributed by atoms with Gasteiger partial charge in [0, 0.05) is 11.8 Å². The number of aliphatic carboxylic acids is 1. The van der Waals surface area contributed by atoms with Gasteiger partial charge < -0.3 is 20.3 Å². The predicted molar refractivity (Wildman–Crippen MR) is 129 cm³/mol. The molecule has 0 bridgehead atoms. The molecule has 2 aliphatic rings. The Hall–Kier alpha value is -1.41. The van der Waals surface area contributed by atoms with Crippen molar-refractivity contribution < 1.29 is 28.6 Å². The SMILES string of the molecule is CCCCCCCCCCOC(=O)[C@@]1(F)[C@@H]2C[C@@H](OCc3ccc(Cl)c(Cl)c3)[C@@](N)(C(=O)O)[C@@H]21. The molecule has 5 atom stereocenters. The first-order valence-corrected chi connectivity index (χ1v) is 12.9. The summed E-state index contributed by atoms with van der Waals surface area (Å²) in [7, 11) is 0. The number of benzene rings is 1. The van der Waals surface area contributed by atoms with Crippen molar-refractivity contribution in [2.45, 2.75) is 88.6 Å². The van der Waals surface area contributed by atoms with E-state index in [1.807, 2.05) is 0 Å². The van der Waals surface area contributed by atoms with E-state index in [-0.39, 0.29) is 19.6 Å². The van der Waals surface area contributed by atoms with E-state index in [0.717, 1.165) is 19.3 Å². The van der Waals surface area contributed by atoms with Gasteiger partial charge in [0.15, 0.2) is 0 Å². The minimum atomic E-state index is -2.38. The fourth-order valence-corrected chi connectivity index (χ4v) is 5.45. The summed E-state index contributed by atoms with van der Waals surface area (Å²) in [6.45, 7) is 2.34. The van der Waals surface area contributed by atoms with Crippen molar-refractivity contribution in [2.75, 3.05) is 6.61 Å². The molecule has 1 aromatic carbocycles. The Morgan fingerprint density at radius 3 is 2.38 bits per heavy atom. The molecule has 34 heavy (non-hydrogen) atoms. The van der Waals surface area contributed by atoms with Gasteiger partial charge >= 0.3 is 11.9 Å². The third-order valence-corrected chi connectivity index (χ3v) is 7.89. The molecule has 0 aromatic heterocycles. The highest BCUT2D eigenvalue weighted by Gasteiger charge is 2.85. The van der Waals surface area contributed by atoms with Gasteiger partial charge in [-0.1, -0.05) is 81.1 Å². The van der Waals surface area contributed by atoms with Crippen molar-refractivity contribution in [1.29, 1.82) is 0 Å². The van der Waals surface area contributed by atoms with Gasteiger partial charge in [-0.3, -0.25) is 4.79 Å². The number of carbonyl (C=O) groups is 2. The van der Waals surface area contributed by atoms with E-state index in [1.165, 1.54) is 25.7 Å². The molecule has 3 rings (SSSR count). The van der Waals surface area contributed by atoms with Crippen LogP contribution in [0, 0.1) is 11.8 Å². The van der Waals surface area contributed by atoms with Crippen molar-refractivity contribution in [3.05, 3.63) is 33.8 Å². The minimum Gasteiger partial charge on any atom is -0.480 e. The lowest BCUT2D eigenvalue weighted by Gasteiger charge is -2.32. The van der Waals surface area contributed by atoms with Crippen molar-refractivity contribution >= 4 is 35.1 Å². The average molecular weight is 518 g/mol. The third-order valence-electron chi connectivity index (χ3n) is 7.15. The zero-order valence-corrected chi connectivity index (χ0v) is 21.0. The van der Waals surface area contributed by atoms with Crippen LogP contribution in [0.5, 0.6) is 0 Å². The number of ether oxygens (including phenoxy) is 2. The molecule has 9 heteroatoms. The maximum atomic E-state index is 15.5. The van der Waals surface area contributed by atoms with E-state index in [0.29, 0.717) is 22.0 Å². The average Bonchev–Trinajstić information content (AvgIpc) is 3.27. The molecule has 190 valence electrons. The van der Waals surface area contributed by atoms with Crippen LogP contribution in [0.2, 0.25) is 10.0 Å². The quantitative estimate of drug-likeness (QED) is 0.242. The lowest BCUT2D eigenvalue weighted by atomic mass is 9.88. The highest BCUT2D eigenvalue weighted by atomic mass is 35.5. The second-order valence-corrected chi connectivity index (χ2v) is 10.3. The van der Waals surface area contributed by atoms with Crippen LogP contribution in [0.1, 0.15) is 70.3 Å². The Bertz CT molecular complexity index is 887. The smallest absolute Gasteiger partial charge is 0.344 e. The van der Waals surface area contributed by atoms with Crippen molar-refractivity contribution in [3.8, 4) is 0 Å². The zero-order valence-electron chi connectivity index (χ0n) is 19.5. The molecule has 0 unspecified atom stereocenters. The molecule has 0 amide bonds. The summed E-state index contributed by atoms with van der Waals surface area (Å²) in [5.41, 5.74) is 2.47. The van der Waals surface area contributed by atoms with Gasteiger partial charge in [-0.15, -0.1) is 0 Å². The van der Waals surface area contributed by atoms with Crippen LogP contribution in [0.25, 0.3) is 0 Å². The van der Waals surface area contributed by atoms with Gasteiger partial charge in [-0.05, 0) is 30.5 Å². The van der Waals surface area contributed by atoms with Gasteiger partial charge in [-0.2, -0.15) is 0 Å². The van der Waals surface area contributed by atoms with Crippen LogP contribution in [-0.4, -0.2) is 41.0 Å². The molecule has 3 N–H and O–H groups in total. The molecule has 0 aliphatic heterocycles. The number of hydrogen-bond acceptors (Lipinski definition) is 5. The first-order chi connectivity index (χ1) is 16.2. The standard InChI is InChI=1S/C25H34Cl2FNO5/c1-2-3-4-5-6-7-8-9-12-33-23(32)24(28)17-14-20(25(29,21(17)24)22(30)31)34-15-16-10-11-18(26)19(27)13-16/h10-11,13,17,20-21H,2-9,12,14-15,29H2,1H3,(H,30,31)/t17-,20-,21+,24-,25+/m1/s1. The molecule has 0 heterocycles. The zero-order chi connectivity index (χ0) is 24.9. The topological polar surface area (TPSA) is 98.9 Å². The van der Waals surface area contributed by atoms with Gasteiger partial charge in [0.25, 0.3) is 0 Å². The van der Waals surface area contributed by atoms with E-state index < -0.39 is 41.1 Å². The fourth-order valence-electron chi connectivity index (χ4n) is 5.13.